The van der Waals surface area contributed by atoms with Crippen LogP contribution in [0.1, 0.15) is 11.3 Å². The van der Waals surface area contributed by atoms with Crippen LogP contribution in [0.4, 0.5) is 0 Å². The van der Waals surface area contributed by atoms with Crippen LogP contribution in [-0.4, -0.2) is 5.16 Å². The number of benzene rings is 1. The summed E-state index contributed by atoms with van der Waals surface area (Å²) in [6.45, 7) is 2.13. The van der Waals surface area contributed by atoms with E-state index in [1.807, 2.05) is 23.6 Å². The first-order valence-corrected chi connectivity index (χ1v) is 7.87. The average molecular weight is 287 g/mol. The van der Waals surface area contributed by atoms with Crippen molar-refractivity contribution in [1.82, 2.24) is 5.16 Å². The van der Waals surface area contributed by atoms with Crippen molar-refractivity contribution in [1.29, 1.82) is 0 Å². The molecular weight excluding hydrogens is 274 g/mol. The molecule has 3 aromatic rings. The highest BCUT2D eigenvalue weighted by Gasteiger charge is 2.08. The maximum atomic E-state index is 5.37. The lowest BCUT2D eigenvalue weighted by Gasteiger charge is -2.02. The van der Waals surface area contributed by atoms with Gasteiger partial charge in [-0.3, -0.25) is 0 Å². The van der Waals surface area contributed by atoms with Gasteiger partial charge in [-0.1, -0.05) is 29.4 Å². The Labute approximate surface area is 120 Å². The summed E-state index contributed by atoms with van der Waals surface area (Å²) in [5.41, 5.74) is 2.28. The van der Waals surface area contributed by atoms with E-state index in [2.05, 4.69) is 36.3 Å². The smallest absolute Gasteiger partial charge is 0.177 e. The summed E-state index contributed by atoms with van der Waals surface area (Å²) in [7, 11) is 0. The molecule has 2 heterocycles. The van der Waals surface area contributed by atoms with E-state index in [0.717, 1.165) is 22.1 Å². The maximum absolute atomic E-state index is 5.37. The van der Waals surface area contributed by atoms with Crippen molar-refractivity contribution >= 4 is 23.1 Å². The Morgan fingerprint density at radius 3 is 2.89 bits per heavy atom. The first-order chi connectivity index (χ1) is 9.33. The van der Waals surface area contributed by atoms with Gasteiger partial charge in [-0.15, -0.1) is 23.1 Å². The number of aromatic nitrogens is 1. The third-order valence-corrected chi connectivity index (χ3v) is 4.89. The zero-order chi connectivity index (χ0) is 13.1. The van der Waals surface area contributed by atoms with Crippen molar-refractivity contribution < 1.29 is 4.52 Å². The normalized spacial score (nSPS) is 10.8. The molecular formula is C15H13NOS2. The number of aryl methyl sites for hydroxylation is 1. The van der Waals surface area contributed by atoms with Gasteiger partial charge in [0.1, 0.15) is 0 Å². The van der Waals surface area contributed by atoms with Crippen LogP contribution in [0.15, 0.2) is 57.3 Å². The predicted molar refractivity (Wildman–Crippen MR) is 80.6 cm³/mol. The Balaban J connectivity index is 1.70. The minimum atomic E-state index is 0.833. The van der Waals surface area contributed by atoms with Crippen molar-refractivity contribution in [2.24, 2.45) is 0 Å². The first-order valence-electron chi connectivity index (χ1n) is 6.01. The molecule has 0 unspecified atom stereocenters. The molecule has 0 aliphatic rings. The van der Waals surface area contributed by atoms with Gasteiger partial charge in [-0.25, -0.2) is 0 Å². The van der Waals surface area contributed by atoms with E-state index in [4.69, 9.17) is 4.52 Å². The van der Waals surface area contributed by atoms with E-state index in [-0.39, 0.29) is 0 Å². The highest BCUT2D eigenvalue weighted by Crippen LogP contribution is 2.29. The van der Waals surface area contributed by atoms with E-state index in [1.165, 1.54) is 10.5 Å². The minimum Gasteiger partial charge on any atom is -0.355 e. The van der Waals surface area contributed by atoms with E-state index in [9.17, 15) is 0 Å². The maximum Gasteiger partial charge on any atom is 0.177 e. The molecule has 0 radical (unpaired) electrons. The molecule has 0 aliphatic heterocycles. The molecule has 0 fully saturated rings. The molecule has 2 aromatic heterocycles. The summed E-state index contributed by atoms with van der Waals surface area (Å²) < 4.78 is 5.37. The lowest BCUT2D eigenvalue weighted by atomic mass is 10.2. The van der Waals surface area contributed by atoms with Crippen LogP contribution >= 0.6 is 23.1 Å². The van der Waals surface area contributed by atoms with E-state index in [0.29, 0.717) is 0 Å². The summed E-state index contributed by atoms with van der Waals surface area (Å²) in [5.74, 6) is 1.69. The van der Waals surface area contributed by atoms with Crippen LogP contribution in [0.2, 0.25) is 0 Å². The second kappa shape index (κ2) is 5.63. The van der Waals surface area contributed by atoms with Gasteiger partial charge in [0.15, 0.2) is 5.76 Å². The van der Waals surface area contributed by atoms with Gasteiger partial charge >= 0.3 is 0 Å². The monoisotopic (exact) mass is 287 g/mol. The van der Waals surface area contributed by atoms with Gasteiger partial charge in [0, 0.05) is 16.7 Å². The summed E-state index contributed by atoms with van der Waals surface area (Å²) >= 11 is 3.46. The van der Waals surface area contributed by atoms with Gasteiger partial charge in [-0.05, 0) is 30.0 Å². The number of hydrogen-bond donors (Lipinski definition) is 0. The van der Waals surface area contributed by atoms with Crippen molar-refractivity contribution in [3.05, 3.63) is 59.1 Å². The molecule has 0 saturated heterocycles. The van der Waals surface area contributed by atoms with Gasteiger partial charge in [0.2, 0.25) is 0 Å². The molecule has 0 bridgehead atoms. The Morgan fingerprint density at radius 2 is 2.11 bits per heavy atom. The molecule has 0 amide bonds. The van der Waals surface area contributed by atoms with Crippen molar-refractivity contribution in [3.8, 4) is 10.6 Å². The summed E-state index contributed by atoms with van der Waals surface area (Å²) in [4.78, 5) is 2.42. The number of nitrogens with zero attached hydrogens (tertiary/aromatic N) is 1. The fraction of sp³-hybridized carbons (Fsp3) is 0.133. The Kier molecular flexibility index (Phi) is 3.71. The molecule has 4 heteroatoms. The number of rotatable bonds is 4. The van der Waals surface area contributed by atoms with Gasteiger partial charge in [0.25, 0.3) is 0 Å². The topological polar surface area (TPSA) is 26.0 Å². The van der Waals surface area contributed by atoms with Crippen LogP contribution in [0.5, 0.6) is 0 Å². The van der Waals surface area contributed by atoms with Gasteiger partial charge < -0.3 is 4.52 Å². The zero-order valence-electron chi connectivity index (χ0n) is 10.5. The molecule has 3 rings (SSSR count). The molecule has 19 heavy (non-hydrogen) atoms. The van der Waals surface area contributed by atoms with Crippen LogP contribution < -0.4 is 0 Å². The van der Waals surface area contributed by atoms with Crippen LogP contribution in [0.25, 0.3) is 10.6 Å². The van der Waals surface area contributed by atoms with Crippen LogP contribution in [0, 0.1) is 6.92 Å². The Hall–Kier alpha value is -1.52. The second-order valence-corrected chi connectivity index (χ2v) is 6.18. The molecule has 0 saturated carbocycles. The predicted octanol–water partition coefficient (Wildman–Crippen LogP) is 5.00. The van der Waals surface area contributed by atoms with Crippen molar-refractivity contribution in [2.75, 3.05) is 0 Å². The fourth-order valence-electron chi connectivity index (χ4n) is 1.78. The summed E-state index contributed by atoms with van der Waals surface area (Å²) in [6.07, 6.45) is 0. The Morgan fingerprint density at radius 1 is 1.21 bits per heavy atom. The highest BCUT2D eigenvalue weighted by molar-refractivity contribution is 7.98. The zero-order valence-corrected chi connectivity index (χ0v) is 12.1. The van der Waals surface area contributed by atoms with Gasteiger partial charge in [0.05, 0.1) is 10.6 Å². The first kappa shape index (κ1) is 12.5. The number of thiophene rings is 1. The van der Waals surface area contributed by atoms with Crippen molar-refractivity contribution in [3.63, 3.8) is 0 Å². The standard InChI is InChI=1S/C15H13NOS2/c1-11-5-2-3-6-14(11)19-10-12-9-13(17-16-12)15-7-4-8-18-15/h2-9H,10H2,1H3. The average Bonchev–Trinajstić information content (AvgIpc) is 3.09. The number of hydrogen-bond acceptors (Lipinski definition) is 4. The molecule has 0 spiro atoms. The van der Waals surface area contributed by atoms with Gasteiger partial charge in [-0.2, -0.15) is 0 Å². The molecule has 0 aliphatic carbocycles. The van der Waals surface area contributed by atoms with E-state index >= 15 is 0 Å². The lowest BCUT2D eigenvalue weighted by Crippen LogP contribution is -1.82. The lowest BCUT2D eigenvalue weighted by molar-refractivity contribution is 0.427. The second-order valence-electron chi connectivity index (χ2n) is 4.21. The highest BCUT2D eigenvalue weighted by atomic mass is 32.2. The molecule has 0 atom stereocenters. The number of thioether (sulfide) groups is 1. The SMILES string of the molecule is Cc1ccccc1SCc1cc(-c2cccs2)on1. The third kappa shape index (κ3) is 2.91. The molecule has 2 nitrogen and oxygen atoms in total. The molecule has 1 aromatic carbocycles. The quantitative estimate of drug-likeness (QED) is 0.631. The molecule has 96 valence electrons. The largest absolute Gasteiger partial charge is 0.355 e. The fourth-order valence-corrected chi connectivity index (χ4v) is 3.37. The Bertz CT molecular complexity index is 658. The summed E-state index contributed by atoms with van der Waals surface area (Å²) in [6, 6.07) is 14.5. The van der Waals surface area contributed by atoms with E-state index in [1.54, 1.807) is 23.1 Å². The third-order valence-electron chi connectivity index (χ3n) is 2.79. The molecule has 0 N–H and O–H groups in total. The van der Waals surface area contributed by atoms with Crippen molar-refractivity contribution in [2.45, 2.75) is 17.6 Å². The minimum absolute atomic E-state index is 0.833. The van der Waals surface area contributed by atoms with Crippen LogP contribution in [-0.2, 0) is 5.75 Å². The van der Waals surface area contributed by atoms with E-state index < -0.39 is 0 Å². The summed E-state index contributed by atoms with van der Waals surface area (Å²) in [5, 5.41) is 6.17. The van der Waals surface area contributed by atoms with Crippen LogP contribution in [0.3, 0.4) is 0 Å².